The van der Waals surface area contributed by atoms with E-state index in [0.717, 1.165) is 51.5 Å². The van der Waals surface area contributed by atoms with Gasteiger partial charge in [-0.1, -0.05) is 0 Å². The number of ether oxygens (including phenoxy) is 2. The molecule has 0 aromatic heterocycles. The van der Waals surface area contributed by atoms with Crippen LogP contribution in [0.15, 0.2) is 17.1 Å². The highest BCUT2D eigenvalue weighted by Crippen LogP contribution is 2.40. The van der Waals surface area contributed by atoms with Crippen molar-refractivity contribution in [2.75, 3.05) is 50.0 Å². The zero-order valence-corrected chi connectivity index (χ0v) is 15.4. The number of carbonyl (C=O) groups is 1. The minimum absolute atomic E-state index is 0.182. The van der Waals surface area contributed by atoms with Crippen molar-refractivity contribution in [3.63, 3.8) is 0 Å². The number of amides is 1. The number of nitrogens with zero attached hydrogens (tertiary/aromatic N) is 2. The van der Waals surface area contributed by atoms with Gasteiger partial charge in [0.2, 0.25) is 0 Å². The highest BCUT2D eigenvalue weighted by molar-refractivity contribution is 6.01. The fourth-order valence-electron chi connectivity index (χ4n) is 3.02. The van der Waals surface area contributed by atoms with Gasteiger partial charge in [0.05, 0.1) is 36.6 Å². The van der Waals surface area contributed by atoms with Crippen LogP contribution in [0.1, 0.15) is 20.3 Å². The molecule has 1 fully saturated rings. The Kier molecular flexibility index (Phi) is 5.63. The van der Waals surface area contributed by atoms with Gasteiger partial charge in [0, 0.05) is 25.7 Å². The van der Waals surface area contributed by atoms with Gasteiger partial charge in [-0.2, -0.15) is 0 Å². The summed E-state index contributed by atoms with van der Waals surface area (Å²) in [5.41, 5.74) is 6.67. The number of hydrogen-bond donors (Lipinski definition) is 3. The van der Waals surface area contributed by atoms with Crippen LogP contribution in [0.2, 0.25) is 0 Å². The summed E-state index contributed by atoms with van der Waals surface area (Å²) in [6.07, 6.45) is 2.25. The smallest absolute Gasteiger partial charge is 0.268 e. The molecule has 2 heterocycles. The minimum atomic E-state index is -0.904. The van der Waals surface area contributed by atoms with Crippen LogP contribution in [0.4, 0.5) is 17.1 Å². The standard InChI is InChI=1S/C18H27N5O3/c1-18(2)17(24)22-15-10-13(21-12-19)14(11-16(15)26-18)20-4-3-5-23-6-8-25-9-7-23/h10-12,20H,3-9H2,1-2H3,(H2,19,21)(H,22,24). The van der Waals surface area contributed by atoms with Crippen LogP contribution in [0.25, 0.3) is 0 Å². The van der Waals surface area contributed by atoms with E-state index in [1.807, 2.05) is 6.07 Å². The number of nitrogens with one attached hydrogen (secondary N) is 2. The van der Waals surface area contributed by atoms with Gasteiger partial charge in [0.25, 0.3) is 5.91 Å². The van der Waals surface area contributed by atoms with E-state index in [-0.39, 0.29) is 5.91 Å². The SMILES string of the molecule is CC1(C)Oc2cc(NCCCN3CCOCC3)c(N=CN)cc2NC1=O. The first-order valence-corrected chi connectivity index (χ1v) is 8.96. The molecule has 4 N–H and O–H groups in total. The van der Waals surface area contributed by atoms with E-state index in [1.54, 1.807) is 19.9 Å². The number of rotatable bonds is 6. The van der Waals surface area contributed by atoms with Crippen molar-refractivity contribution in [2.45, 2.75) is 25.9 Å². The quantitative estimate of drug-likeness (QED) is 0.404. The molecule has 2 aliphatic heterocycles. The zero-order valence-electron chi connectivity index (χ0n) is 15.4. The topological polar surface area (TPSA) is 101 Å². The first-order chi connectivity index (χ1) is 12.5. The number of nitrogens with two attached hydrogens (primary N) is 1. The maximum atomic E-state index is 12.1. The second-order valence-electron chi connectivity index (χ2n) is 6.94. The van der Waals surface area contributed by atoms with Crippen molar-refractivity contribution in [1.29, 1.82) is 0 Å². The summed E-state index contributed by atoms with van der Waals surface area (Å²) in [6, 6.07) is 3.64. The molecule has 3 rings (SSSR count). The number of fused-ring (bicyclic) bond motifs is 1. The molecule has 0 saturated carbocycles. The second-order valence-corrected chi connectivity index (χ2v) is 6.94. The highest BCUT2D eigenvalue weighted by Gasteiger charge is 2.35. The maximum absolute atomic E-state index is 12.1. The molecule has 1 aromatic rings. The Labute approximate surface area is 153 Å². The van der Waals surface area contributed by atoms with Crippen LogP contribution in [0.3, 0.4) is 0 Å². The second kappa shape index (κ2) is 7.92. The molecule has 0 atom stereocenters. The van der Waals surface area contributed by atoms with Crippen LogP contribution in [-0.2, 0) is 9.53 Å². The number of benzene rings is 1. The van der Waals surface area contributed by atoms with E-state index in [1.165, 1.54) is 6.34 Å². The summed E-state index contributed by atoms with van der Waals surface area (Å²) in [6.45, 7) is 8.92. The molecule has 1 saturated heterocycles. The molecule has 142 valence electrons. The predicted molar refractivity (Wildman–Crippen MR) is 102 cm³/mol. The van der Waals surface area contributed by atoms with E-state index in [0.29, 0.717) is 17.1 Å². The zero-order chi connectivity index (χ0) is 18.6. The number of carbonyl (C=O) groups excluding carboxylic acids is 1. The van der Waals surface area contributed by atoms with Crippen LogP contribution in [0, 0.1) is 0 Å². The van der Waals surface area contributed by atoms with Gasteiger partial charge in [0.1, 0.15) is 5.75 Å². The first-order valence-electron chi connectivity index (χ1n) is 8.96. The lowest BCUT2D eigenvalue weighted by Gasteiger charge is -2.32. The third kappa shape index (κ3) is 4.25. The summed E-state index contributed by atoms with van der Waals surface area (Å²) >= 11 is 0. The minimum Gasteiger partial charge on any atom is -0.476 e. The number of morpholine rings is 1. The van der Waals surface area contributed by atoms with Gasteiger partial charge >= 0.3 is 0 Å². The largest absolute Gasteiger partial charge is 0.476 e. The van der Waals surface area contributed by atoms with Crippen molar-refractivity contribution in [3.8, 4) is 5.75 Å². The van der Waals surface area contributed by atoms with Crippen LogP contribution in [0.5, 0.6) is 5.75 Å². The van der Waals surface area contributed by atoms with E-state index >= 15 is 0 Å². The molecule has 0 unspecified atom stereocenters. The predicted octanol–water partition coefficient (Wildman–Crippen LogP) is 1.55. The van der Waals surface area contributed by atoms with Crippen molar-refractivity contribution >= 4 is 29.3 Å². The fourth-order valence-corrected chi connectivity index (χ4v) is 3.02. The molecule has 0 aliphatic carbocycles. The monoisotopic (exact) mass is 361 g/mol. The summed E-state index contributed by atoms with van der Waals surface area (Å²) in [7, 11) is 0. The molecule has 0 bridgehead atoms. The Morgan fingerprint density at radius 1 is 1.38 bits per heavy atom. The Hall–Kier alpha value is -2.32. The Morgan fingerprint density at radius 2 is 2.15 bits per heavy atom. The van der Waals surface area contributed by atoms with Gasteiger partial charge in [-0.3, -0.25) is 9.69 Å². The van der Waals surface area contributed by atoms with Crippen LogP contribution < -0.4 is 21.1 Å². The first kappa shape index (κ1) is 18.5. The lowest BCUT2D eigenvalue weighted by molar-refractivity contribution is -0.129. The normalized spacial score (nSPS) is 19.7. The Balaban J connectivity index is 1.66. The summed E-state index contributed by atoms with van der Waals surface area (Å²) in [4.78, 5) is 18.7. The Morgan fingerprint density at radius 3 is 2.88 bits per heavy atom. The third-order valence-corrected chi connectivity index (χ3v) is 4.54. The van der Waals surface area contributed by atoms with Gasteiger partial charge in [-0.05, 0) is 32.9 Å². The van der Waals surface area contributed by atoms with Crippen molar-refractivity contribution in [1.82, 2.24) is 4.90 Å². The van der Waals surface area contributed by atoms with E-state index < -0.39 is 5.60 Å². The van der Waals surface area contributed by atoms with Crippen molar-refractivity contribution in [3.05, 3.63) is 12.1 Å². The van der Waals surface area contributed by atoms with Crippen LogP contribution in [-0.4, -0.2) is 62.1 Å². The highest BCUT2D eigenvalue weighted by atomic mass is 16.5. The van der Waals surface area contributed by atoms with Crippen molar-refractivity contribution < 1.29 is 14.3 Å². The van der Waals surface area contributed by atoms with E-state index in [9.17, 15) is 4.79 Å². The Bertz CT molecular complexity index is 684. The lowest BCUT2D eigenvalue weighted by Crippen LogP contribution is -2.45. The van der Waals surface area contributed by atoms with Gasteiger partial charge < -0.3 is 25.8 Å². The van der Waals surface area contributed by atoms with Gasteiger partial charge in [-0.25, -0.2) is 4.99 Å². The number of hydrogen-bond acceptors (Lipinski definition) is 6. The van der Waals surface area contributed by atoms with Crippen molar-refractivity contribution in [2.24, 2.45) is 10.7 Å². The molecule has 0 radical (unpaired) electrons. The maximum Gasteiger partial charge on any atom is 0.268 e. The summed E-state index contributed by atoms with van der Waals surface area (Å²) < 4.78 is 11.2. The molecule has 1 amide bonds. The molecule has 8 heteroatoms. The number of anilines is 2. The molecular weight excluding hydrogens is 334 g/mol. The van der Waals surface area contributed by atoms with E-state index in [2.05, 4.69) is 20.5 Å². The van der Waals surface area contributed by atoms with Gasteiger partial charge in [0.15, 0.2) is 5.60 Å². The van der Waals surface area contributed by atoms with Crippen LogP contribution >= 0.6 is 0 Å². The summed E-state index contributed by atoms with van der Waals surface area (Å²) in [5, 5.41) is 6.27. The average molecular weight is 361 g/mol. The molecule has 26 heavy (non-hydrogen) atoms. The summed E-state index contributed by atoms with van der Waals surface area (Å²) in [5.74, 6) is 0.445. The molecule has 8 nitrogen and oxygen atoms in total. The molecule has 0 spiro atoms. The molecule has 2 aliphatic rings. The average Bonchev–Trinajstić information content (AvgIpc) is 2.61. The molecule has 1 aromatic carbocycles. The lowest BCUT2D eigenvalue weighted by atomic mass is 10.1. The fraction of sp³-hybridized carbons (Fsp3) is 0.556. The number of aliphatic imine (C=N–C) groups is 1. The third-order valence-electron chi connectivity index (χ3n) is 4.54. The van der Waals surface area contributed by atoms with Gasteiger partial charge in [-0.15, -0.1) is 0 Å². The van der Waals surface area contributed by atoms with E-state index in [4.69, 9.17) is 15.2 Å². The molecular formula is C18H27N5O3.